The molecule has 1 fully saturated rings. The summed E-state index contributed by atoms with van der Waals surface area (Å²) >= 11 is 0. The minimum atomic E-state index is -0.372. The lowest BCUT2D eigenvalue weighted by atomic mass is 9.70. The Morgan fingerprint density at radius 3 is 2.17 bits per heavy atom. The average Bonchev–Trinajstić information content (AvgIpc) is 3.28. The molecule has 35 heavy (non-hydrogen) atoms. The van der Waals surface area contributed by atoms with E-state index in [1.807, 2.05) is 0 Å². The van der Waals surface area contributed by atoms with E-state index in [0.717, 1.165) is 5.46 Å². The molecule has 2 aliphatic rings. The summed E-state index contributed by atoms with van der Waals surface area (Å²) in [5.74, 6) is 0. The van der Waals surface area contributed by atoms with Crippen molar-refractivity contribution in [3.05, 3.63) is 83.9 Å². The molecular weight excluding hydrogens is 429 g/mol. The minimum Gasteiger partial charge on any atom is -0.399 e. The van der Waals surface area contributed by atoms with Gasteiger partial charge in [-0.05, 0) is 67.2 Å². The lowest BCUT2D eigenvalue weighted by Gasteiger charge is -2.35. The summed E-state index contributed by atoms with van der Waals surface area (Å²) in [4.78, 5) is 0. The lowest BCUT2D eigenvalue weighted by molar-refractivity contribution is 0.00578. The fourth-order valence-corrected chi connectivity index (χ4v) is 6.11. The standard InChI is InChI=1S/C31H30BNO2/c1-29(2)23-13-9-12-22-27-21-11-8-7-10-19(21)14-16-26(27)33(28(22)23)25-17-15-20(18-24(25)29)32-34-30(3,4)31(5,6)35-32/h7-18H,1-6H3. The van der Waals surface area contributed by atoms with Gasteiger partial charge in [0.25, 0.3) is 0 Å². The van der Waals surface area contributed by atoms with E-state index >= 15 is 0 Å². The van der Waals surface area contributed by atoms with Crippen LogP contribution in [0.5, 0.6) is 0 Å². The second kappa shape index (κ2) is 6.57. The molecule has 4 heteroatoms. The Balaban J connectivity index is 1.53. The monoisotopic (exact) mass is 459 g/mol. The normalized spacial score (nSPS) is 19.5. The first kappa shape index (κ1) is 21.2. The number of hydrogen-bond acceptors (Lipinski definition) is 2. The van der Waals surface area contributed by atoms with Gasteiger partial charge < -0.3 is 13.9 Å². The average molecular weight is 459 g/mol. The zero-order valence-electron chi connectivity index (χ0n) is 21.3. The van der Waals surface area contributed by atoms with Crippen LogP contribution in [0.2, 0.25) is 0 Å². The van der Waals surface area contributed by atoms with Crippen molar-refractivity contribution < 1.29 is 9.31 Å². The number of nitrogens with zero attached hydrogens (tertiary/aromatic N) is 1. The highest BCUT2D eigenvalue weighted by atomic mass is 16.7. The first-order valence-corrected chi connectivity index (χ1v) is 12.6. The molecule has 0 unspecified atom stereocenters. The maximum absolute atomic E-state index is 6.41. The van der Waals surface area contributed by atoms with E-state index in [1.165, 1.54) is 49.4 Å². The Labute approximate surface area is 206 Å². The van der Waals surface area contributed by atoms with E-state index in [4.69, 9.17) is 9.31 Å². The van der Waals surface area contributed by atoms with Crippen molar-refractivity contribution >= 4 is 45.2 Å². The van der Waals surface area contributed by atoms with Crippen LogP contribution in [0.25, 0.3) is 38.3 Å². The number of hydrogen-bond donors (Lipinski definition) is 0. The second-order valence-corrected chi connectivity index (χ2v) is 11.7. The number of benzene rings is 4. The quantitative estimate of drug-likeness (QED) is 0.255. The van der Waals surface area contributed by atoms with Gasteiger partial charge in [0.2, 0.25) is 0 Å². The SMILES string of the molecule is CC1(C)c2cc(B3OC(C)(C)C(C)(C)O3)ccc2-n2c3ccc4ccccc4c3c3cccc1c32. The first-order chi connectivity index (χ1) is 16.6. The van der Waals surface area contributed by atoms with Gasteiger partial charge in [-0.25, -0.2) is 0 Å². The fourth-order valence-electron chi connectivity index (χ4n) is 6.11. The number of aromatic nitrogens is 1. The Morgan fingerprint density at radius 1 is 0.686 bits per heavy atom. The Bertz CT molecular complexity index is 1680. The van der Waals surface area contributed by atoms with Crippen LogP contribution < -0.4 is 5.46 Å². The van der Waals surface area contributed by atoms with Crippen LogP contribution in [-0.2, 0) is 14.7 Å². The van der Waals surface area contributed by atoms with Crippen molar-refractivity contribution in [1.82, 2.24) is 4.57 Å². The summed E-state index contributed by atoms with van der Waals surface area (Å²) in [6.45, 7) is 13.1. The summed E-state index contributed by atoms with van der Waals surface area (Å²) in [6, 6.07) is 26.8. The Morgan fingerprint density at radius 2 is 1.40 bits per heavy atom. The molecule has 0 amide bonds. The minimum absolute atomic E-state index is 0.158. The molecular formula is C31H30BNO2. The van der Waals surface area contributed by atoms with Crippen molar-refractivity contribution in [3.63, 3.8) is 0 Å². The third-order valence-corrected chi connectivity index (χ3v) is 8.81. The molecule has 0 radical (unpaired) electrons. The summed E-state index contributed by atoms with van der Waals surface area (Å²) in [6.07, 6.45) is 0. The fraction of sp³-hybridized carbons (Fsp3) is 0.290. The maximum atomic E-state index is 6.41. The molecule has 7 rings (SSSR count). The van der Waals surface area contributed by atoms with Crippen molar-refractivity contribution in [2.24, 2.45) is 0 Å². The van der Waals surface area contributed by atoms with Crippen LogP contribution in [0.15, 0.2) is 72.8 Å². The number of fused-ring (bicyclic) bond motifs is 7. The highest BCUT2D eigenvalue weighted by Crippen LogP contribution is 2.48. The van der Waals surface area contributed by atoms with Crippen LogP contribution in [0.3, 0.4) is 0 Å². The van der Waals surface area contributed by atoms with Gasteiger partial charge in [-0.3, -0.25) is 0 Å². The third kappa shape index (κ3) is 2.64. The van der Waals surface area contributed by atoms with Crippen LogP contribution in [0.4, 0.5) is 0 Å². The maximum Gasteiger partial charge on any atom is 0.494 e. The van der Waals surface area contributed by atoms with Gasteiger partial charge in [0.1, 0.15) is 0 Å². The van der Waals surface area contributed by atoms with E-state index in [2.05, 4.69) is 119 Å². The van der Waals surface area contributed by atoms with Gasteiger partial charge in [0, 0.05) is 16.2 Å². The molecule has 0 atom stereocenters. The van der Waals surface area contributed by atoms with Gasteiger partial charge in [-0.15, -0.1) is 0 Å². The number of rotatable bonds is 1. The Hall–Kier alpha value is -3.08. The summed E-state index contributed by atoms with van der Waals surface area (Å²) < 4.78 is 15.3. The molecule has 0 spiro atoms. The van der Waals surface area contributed by atoms with Crippen LogP contribution in [0, 0.1) is 0 Å². The first-order valence-electron chi connectivity index (χ1n) is 12.6. The topological polar surface area (TPSA) is 23.4 Å². The van der Waals surface area contributed by atoms with Gasteiger partial charge in [-0.1, -0.05) is 74.5 Å². The predicted molar refractivity (Wildman–Crippen MR) is 146 cm³/mol. The molecule has 1 saturated heterocycles. The second-order valence-electron chi connectivity index (χ2n) is 11.7. The van der Waals surface area contributed by atoms with Gasteiger partial charge >= 0.3 is 7.12 Å². The van der Waals surface area contributed by atoms with Crippen molar-refractivity contribution in [3.8, 4) is 5.69 Å². The molecule has 174 valence electrons. The zero-order chi connectivity index (χ0) is 24.3. The van der Waals surface area contributed by atoms with E-state index < -0.39 is 0 Å². The molecule has 2 aliphatic heterocycles. The summed E-state index contributed by atoms with van der Waals surface area (Å²) in [5.41, 5.74) is 6.67. The highest BCUT2D eigenvalue weighted by Gasteiger charge is 2.52. The molecule has 0 bridgehead atoms. The summed E-state index contributed by atoms with van der Waals surface area (Å²) in [7, 11) is -0.372. The summed E-state index contributed by atoms with van der Waals surface area (Å²) in [5, 5.41) is 5.24. The molecule has 0 N–H and O–H groups in total. The van der Waals surface area contributed by atoms with Gasteiger partial charge in [0.05, 0.1) is 27.9 Å². The molecule has 3 heterocycles. The smallest absolute Gasteiger partial charge is 0.399 e. The number of para-hydroxylation sites is 1. The Kier molecular flexibility index (Phi) is 3.98. The van der Waals surface area contributed by atoms with E-state index in [0.29, 0.717) is 0 Å². The lowest BCUT2D eigenvalue weighted by Crippen LogP contribution is -2.41. The third-order valence-electron chi connectivity index (χ3n) is 8.81. The van der Waals surface area contributed by atoms with Crippen LogP contribution in [-0.4, -0.2) is 22.9 Å². The molecule has 4 aromatic carbocycles. The van der Waals surface area contributed by atoms with Crippen LogP contribution >= 0.6 is 0 Å². The molecule has 0 aliphatic carbocycles. The van der Waals surface area contributed by atoms with Gasteiger partial charge in [0.15, 0.2) is 0 Å². The molecule has 3 nitrogen and oxygen atoms in total. The largest absolute Gasteiger partial charge is 0.494 e. The van der Waals surface area contributed by atoms with E-state index in [-0.39, 0.29) is 23.7 Å². The van der Waals surface area contributed by atoms with Crippen molar-refractivity contribution in [2.75, 3.05) is 0 Å². The van der Waals surface area contributed by atoms with Crippen molar-refractivity contribution in [1.29, 1.82) is 0 Å². The van der Waals surface area contributed by atoms with E-state index in [1.54, 1.807) is 0 Å². The molecule has 0 saturated carbocycles. The van der Waals surface area contributed by atoms with E-state index in [9.17, 15) is 0 Å². The highest BCUT2D eigenvalue weighted by molar-refractivity contribution is 6.62. The zero-order valence-corrected chi connectivity index (χ0v) is 21.3. The van der Waals surface area contributed by atoms with Crippen molar-refractivity contribution in [2.45, 2.75) is 58.2 Å². The van der Waals surface area contributed by atoms with Gasteiger partial charge in [-0.2, -0.15) is 0 Å². The molecule has 5 aromatic rings. The van der Waals surface area contributed by atoms with Crippen LogP contribution in [0.1, 0.15) is 52.7 Å². The predicted octanol–water partition coefficient (Wildman–Crippen LogP) is 6.88. The molecule has 1 aromatic heterocycles.